The zero-order valence-electron chi connectivity index (χ0n) is 16.2. The highest BCUT2D eigenvalue weighted by Crippen LogP contribution is 2.34. The van der Waals surface area contributed by atoms with Crippen LogP contribution in [0.3, 0.4) is 0 Å². The van der Waals surface area contributed by atoms with Gasteiger partial charge >= 0.3 is 5.97 Å². The van der Waals surface area contributed by atoms with Crippen molar-refractivity contribution in [3.05, 3.63) is 71.8 Å². The number of esters is 1. The first kappa shape index (κ1) is 19.6. The molecular formula is C23H29NO3. The number of rotatable bonds is 7. The number of ether oxygens (including phenoxy) is 2. The summed E-state index contributed by atoms with van der Waals surface area (Å²) in [6.07, 6.45) is 1.38. The molecule has 3 rings (SSSR count). The summed E-state index contributed by atoms with van der Waals surface area (Å²) >= 11 is 0. The van der Waals surface area contributed by atoms with Gasteiger partial charge in [-0.3, -0.25) is 9.69 Å². The van der Waals surface area contributed by atoms with Crippen molar-refractivity contribution in [2.24, 2.45) is 5.92 Å². The van der Waals surface area contributed by atoms with Gasteiger partial charge in [0.2, 0.25) is 0 Å². The molecule has 2 aromatic rings. The van der Waals surface area contributed by atoms with Crippen molar-refractivity contribution in [3.8, 4) is 0 Å². The van der Waals surface area contributed by atoms with Gasteiger partial charge in [0.25, 0.3) is 0 Å². The van der Waals surface area contributed by atoms with Gasteiger partial charge in [0.15, 0.2) is 0 Å². The number of hydrogen-bond donors (Lipinski definition) is 0. The highest BCUT2D eigenvalue weighted by atomic mass is 16.5. The van der Waals surface area contributed by atoms with Crippen LogP contribution in [-0.4, -0.2) is 43.8 Å². The molecule has 27 heavy (non-hydrogen) atoms. The van der Waals surface area contributed by atoms with E-state index in [1.54, 1.807) is 7.11 Å². The topological polar surface area (TPSA) is 38.8 Å². The molecule has 1 aliphatic heterocycles. The monoisotopic (exact) mass is 367 g/mol. The Morgan fingerprint density at radius 1 is 1.07 bits per heavy atom. The van der Waals surface area contributed by atoms with Crippen LogP contribution < -0.4 is 0 Å². The van der Waals surface area contributed by atoms with Gasteiger partial charge in [0, 0.05) is 13.7 Å². The Hall–Kier alpha value is -2.17. The lowest BCUT2D eigenvalue weighted by Crippen LogP contribution is -2.47. The second-order valence-electron chi connectivity index (χ2n) is 7.05. The molecule has 0 aromatic heterocycles. The number of methoxy groups -OCH3 is 1. The molecule has 1 saturated heterocycles. The minimum atomic E-state index is -0.124. The van der Waals surface area contributed by atoms with Gasteiger partial charge in [-0.15, -0.1) is 0 Å². The summed E-state index contributed by atoms with van der Waals surface area (Å²) in [7, 11) is 1.74. The van der Waals surface area contributed by atoms with E-state index >= 15 is 0 Å². The molecule has 0 unspecified atom stereocenters. The van der Waals surface area contributed by atoms with Crippen molar-refractivity contribution in [2.45, 2.75) is 31.9 Å². The number of piperidine rings is 1. The summed E-state index contributed by atoms with van der Waals surface area (Å²) in [5.41, 5.74) is 2.56. The summed E-state index contributed by atoms with van der Waals surface area (Å²) in [5.74, 6) is 0.0816. The summed E-state index contributed by atoms with van der Waals surface area (Å²) in [6.45, 7) is 4.01. The summed E-state index contributed by atoms with van der Waals surface area (Å²) in [5, 5.41) is 0. The first-order valence-corrected chi connectivity index (χ1v) is 9.75. The molecule has 0 saturated carbocycles. The van der Waals surface area contributed by atoms with Crippen molar-refractivity contribution >= 4 is 5.97 Å². The van der Waals surface area contributed by atoms with E-state index < -0.39 is 0 Å². The van der Waals surface area contributed by atoms with Crippen LogP contribution in [0.2, 0.25) is 0 Å². The maximum Gasteiger partial charge on any atom is 0.306 e. The van der Waals surface area contributed by atoms with E-state index in [9.17, 15) is 4.79 Å². The van der Waals surface area contributed by atoms with Crippen molar-refractivity contribution in [3.63, 3.8) is 0 Å². The molecule has 1 heterocycles. The Labute approximate surface area is 162 Å². The number of benzene rings is 2. The van der Waals surface area contributed by atoms with Crippen molar-refractivity contribution < 1.29 is 14.3 Å². The third-order valence-electron chi connectivity index (χ3n) is 5.36. The number of hydrogen-bond acceptors (Lipinski definition) is 4. The molecular weight excluding hydrogens is 338 g/mol. The van der Waals surface area contributed by atoms with Crippen molar-refractivity contribution in [1.29, 1.82) is 0 Å². The fourth-order valence-electron chi connectivity index (χ4n) is 4.04. The van der Waals surface area contributed by atoms with Gasteiger partial charge in [0.05, 0.1) is 25.2 Å². The minimum absolute atomic E-state index is 0.0260. The van der Waals surface area contributed by atoms with E-state index in [1.165, 1.54) is 11.1 Å². The Balaban J connectivity index is 1.79. The van der Waals surface area contributed by atoms with E-state index in [0.29, 0.717) is 13.0 Å². The molecule has 144 valence electrons. The molecule has 0 radical (unpaired) electrons. The van der Waals surface area contributed by atoms with Gasteiger partial charge in [-0.1, -0.05) is 60.7 Å². The lowest BCUT2D eigenvalue weighted by Gasteiger charge is -2.42. The number of carbonyl (C=O) groups is 1. The maximum absolute atomic E-state index is 11.9. The number of carbonyl (C=O) groups excluding carboxylic acids is 1. The average molecular weight is 367 g/mol. The number of nitrogens with zero attached hydrogens (tertiary/aromatic N) is 1. The summed E-state index contributed by atoms with van der Waals surface area (Å²) < 4.78 is 10.9. The van der Waals surface area contributed by atoms with Crippen LogP contribution in [0.5, 0.6) is 0 Å². The summed E-state index contributed by atoms with van der Waals surface area (Å²) in [6, 6.07) is 21.4. The van der Waals surface area contributed by atoms with Crippen molar-refractivity contribution in [1.82, 2.24) is 4.90 Å². The molecule has 0 amide bonds. The molecule has 1 fully saturated rings. The molecule has 4 nitrogen and oxygen atoms in total. The molecule has 0 N–H and O–H groups in total. The fraction of sp³-hybridized carbons (Fsp3) is 0.435. The normalized spacial score (nSPS) is 20.6. The van der Waals surface area contributed by atoms with Gasteiger partial charge in [-0.05, 0) is 36.9 Å². The molecule has 2 atom stereocenters. The molecule has 2 aromatic carbocycles. The fourth-order valence-corrected chi connectivity index (χ4v) is 4.04. The Morgan fingerprint density at radius 3 is 2.19 bits per heavy atom. The largest absolute Gasteiger partial charge is 0.466 e. The van der Waals surface area contributed by atoms with E-state index in [2.05, 4.69) is 65.6 Å². The highest BCUT2D eigenvalue weighted by Gasteiger charge is 2.35. The average Bonchev–Trinajstić information content (AvgIpc) is 2.71. The molecule has 0 bridgehead atoms. The van der Waals surface area contributed by atoms with Crippen LogP contribution in [0.4, 0.5) is 0 Å². The van der Waals surface area contributed by atoms with Gasteiger partial charge < -0.3 is 9.47 Å². The van der Waals surface area contributed by atoms with Crippen LogP contribution in [0.1, 0.15) is 36.9 Å². The van der Waals surface area contributed by atoms with E-state index in [0.717, 1.165) is 19.5 Å². The minimum Gasteiger partial charge on any atom is -0.466 e. The van der Waals surface area contributed by atoms with Gasteiger partial charge in [0.1, 0.15) is 0 Å². The Morgan fingerprint density at radius 2 is 1.67 bits per heavy atom. The molecule has 0 spiro atoms. The first-order valence-electron chi connectivity index (χ1n) is 9.75. The predicted molar refractivity (Wildman–Crippen MR) is 106 cm³/mol. The SMILES string of the molecule is CCOC(=O)C[C@H]1CCN(C(c2ccccc2)c2ccccc2)C[C@H]1OC. The second kappa shape index (κ2) is 9.67. The first-order chi connectivity index (χ1) is 13.2. The zero-order chi connectivity index (χ0) is 19.1. The zero-order valence-corrected chi connectivity index (χ0v) is 16.2. The Kier molecular flexibility index (Phi) is 7.02. The lowest BCUT2D eigenvalue weighted by molar-refractivity contribution is -0.146. The lowest BCUT2D eigenvalue weighted by atomic mass is 9.87. The molecule has 4 heteroatoms. The second-order valence-corrected chi connectivity index (χ2v) is 7.05. The van der Waals surface area contributed by atoms with Crippen LogP contribution in [-0.2, 0) is 14.3 Å². The third-order valence-corrected chi connectivity index (χ3v) is 5.36. The van der Waals surface area contributed by atoms with E-state index in [4.69, 9.17) is 9.47 Å². The third kappa shape index (κ3) is 4.96. The van der Waals surface area contributed by atoms with Gasteiger partial charge in [-0.2, -0.15) is 0 Å². The number of likely N-dealkylation sites (tertiary alicyclic amines) is 1. The smallest absolute Gasteiger partial charge is 0.306 e. The Bertz CT molecular complexity index is 665. The van der Waals surface area contributed by atoms with E-state index in [1.807, 2.05) is 6.92 Å². The van der Waals surface area contributed by atoms with Gasteiger partial charge in [-0.25, -0.2) is 0 Å². The van der Waals surface area contributed by atoms with E-state index in [-0.39, 0.29) is 24.0 Å². The quantitative estimate of drug-likeness (QED) is 0.692. The van der Waals surface area contributed by atoms with Crippen LogP contribution in [0.15, 0.2) is 60.7 Å². The molecule has 0 aliphatic carbocycles. The standard InChI is InChI=1S/C23H29NO3/c1-3-27-22(25)16-20-14-15-24(17-21(20)26-2)23(18-10-6-4-7-11-18)19-12-8-5-9-13-19/h4-13,20-21,23H,3,14-17H2,1-2H3/t20-,21-/m1/s1. The van der Waals surface area contributed by atoms with Crippen LogP contribution in [0.25, 0.3) is 0 Å². The van der Waals surface area contributed by atoms with Crippen LogP contribution in [0, 0.1) is 5.92 Å². The maximum atomic E-state index is 11.9. The van der Waals surface area contributed by atoms with Crippen molar-refractivity contribution in [2.75, 3.05) is 26.8 Å². The highest BCUT2D eigenvalue weighted by molar-refractivity contribution is 5.69. The van der Waals surface area contributed by atoms with Crippen LogP contribution >= 0.6 is 0 Å². The molecule has 1 aliphatic rings. The predicted octanol–water partition coefficient (Wildman–Crippen LogP) is 4.07. The summed E-state index contributed by atoms with van der Waals surface area (Å²) in [4.78, 5) is 14.4.